The van der Waals surface area contributed by atoms with Crippen molar-refractivity contribution in [2.75, 3.05) is 19.0 Å². The summed E-state index contributed by atoms with van der Waals surface area (Å²) in [4.78, 5) is 30.2. The molecule has 1 aliphatic heterocycles. The van der Waals surface area contributed by atoms with Crippen LogP contribution >= 0.6 is 11.3 Å². The highest BCUT2D eigenvalue weighted by atomic mass is 32.1. The standard InChI is InChI=1S/C21H19N5O3S/c1-29-17-9-3-5-12(14(17)11-22)13-6-2-7-15-18(13)30-20(24-15)25-21(28)26-10-4-8-16(26)19(23)27/h2-3,5-7,9,16H,4,8,10H2,1H3,(H2,23,27)(H,24,25,28)/t16-/m0/s1. The number of nitrogens with zero attached hydrogens (tertiary/aromatic N) is 3. The van der Waals surface area contributed by atoms with Gasteiger partial charge >= 0.3 is 6.03 Å². The van der Waals surface area contributed by atoms with Gasteiger partial charge < -0.3 is 15.4 Å². The molecule has 3 N–H and O–H groups in total. The summed E-state index contributed by atoms with van der Waals surface area (Å²) in [6.07, 6.45) is 1.30. The molecule has 1 aromatic heterocycles. The van der Waals surface area contributed by atoms with Gasteiger partial charge in [0.15, 0.2) is 5.13 Å². The van der Waals surface area contributed by atoms with E-state index in [2.05, 4.69) is 16.4 Å². The molecule has 4 rings (SSSR count). The van der Waals surface area contributed by atoms with E-state index in [-0.39, 0.29) is 0 Å². The summed E-state index contributed by atoms with van der Waals surface area (Å²) in [5.74, 6) is -0.00661. The number of nitrogens with one attached hydrogen (secondary N) is 1. The van der Waals surface area contributed by atoms with E-state index in [9.17, 15) is 14.9 Å². The van der Waals surface area contributed by atoms with Gasteiger partial charge in [-0.3, -0.25) is 10.1 Å². The van der Waals surface area contributed by atoms with E-state index < -0.39 is 18.0 Å². The van der Waals surface area contributed by atoms with Crippen molar-refractivity contribution < 1.29 is 14.3 Å². The van der Waals surface area contributed by atoms with Gasteiger partial charge in [0, 0.05) is 17.7 Å². The Labute approximate surface area is 176 Å². The van der Waals surface area contributed by atoms with Crippen molar-refractivity contribution in [1.82, 2.24) is 9.88 Å². The summed E-state index contributed by atoms with van der Waals surface area (Å²) in [6, 6.07) is 12.3. The summed E-state index contributed by atoms with van der Waals surface area (Å²) in [5, 5.41) is 12.8. The molecule has 0 unspecified atom stereocenters. The SMILES string of the molecule is COc1cccc(-c2cccc3nc(NC(=O)N4CCC[C@H]4C(N)=O)sc23)c1C#N. The molecule has 1 saturated heterocycles. The number of likely N-dealkylation sites (tertiary alicyclic amines) is 1. The Bertz CT molecular complexity index is 1180. The molecule has 0 bridgehead atoms. The third-order valence-electron chi connectivity index (χ3n) is 5.12. The van der Waals surface area contributed by atoms with Crippen molar-refractivity contribution in [3.05, 3.63) is 42.0 Å². The number of nitriles is 1. The van der Waals surface area contributed by atoms with Gasteiger partial charge in [0.25, 0.3) is 0 Å². The van der Waals surface area contributed by atoms with Gasteiger partial charge in [-0.15, -0.1) is 0 Å². The minimum atomic E-state index is -0.593. The number of nitrogens with two attached hydrogens (primary N) is 1. The first-order valence-electron chi connectivity index (χ1n) is 9.37. The highest BCUT2D eigenvalue weighted by Crippen LogP contribution is 2.38. The molecular formula is C21H19N5O3S. The molecule has 0 radical (unpaired) electrons. The van der Waals surface area contributed by atoms with Crippen molar-refractivity contribution in [3.63, 3.8) is 0 Å². The van der Waals surface area contributed by atoms with Gasteiger partial charge in [-0.25, -0.2) is 9.78 Å². The van der Waals surface area contributed by atoms with Gasteiger partial charge in [0.2, 0.25) is 5.91 Å². The lowest BCUT2D eigenvalue weighted by Gasteiger charge is -2.21. The first-order chi connectivity index (χ1) is 14.5. The molecule has 1 aliphatic rings. The van der Waals surface area contributed by atoms with Crippen LogP contribution in [0.1, 0.15) is 18.4 Å². The third-order valence-corrected chi connectivity index (χ3v) is 6.14. The van der Waals surface area contributed by atoms with Crippen LogP contribution < -0.4 is 15.8 Å². The number of rotatable bonds is 4. The first-order valence-corrected chi connectivity index (χ1v) is 10.2. The van der Waals surface area contributed by atoms with Gasteiger partial charge in [0.1, 0.15) is 23.4 Å². The summed E-state index contributed by atoms with van der Waals surface area (Å²) in [5.41, 5.74) is 8.11. The van der Waals surface area contributed by atoms with Crippen LogP contribution in [0.5, 0.6) is 5.75 Å². The largest absolute Gasteiger partial charge is 0.495 e. The molecule has 3 aromatic rings. The van der Waals surface area contributed by atoms with Gasteiger partial charge in [-0.05, 0) is 25.0 Å². The maximum atomic E-state index is 12.7. The quantitative estimate of drug-likeness (QED) is 0.669. The minimum Gasteiger partial charge on any atom is -0.495 e. The number of fused-ring (bicyclic) bond motifs is 1. The number of methoxy groups -OCH3 is 1. The molecule has 8 nitrogen and oxygen atoms in total. The number of ether oxygens (including phenoxy) is 1. The molecule has 152 valence electrons. The van der Waals surface area contributed by atoms with Crippen molar-refractivity contribution >= 4 is 38.6 Å². The predicted molar refractivity (Wildman–Crippen MR) is 114 cm³/mol. The summed E-state index contributed by atoms with van der Waals surface area (Å²) in [7, 11) is 1.53. The molecule has 30 heavy (non-hydrogen) atoms. The number of carbonyl (C=O) groups excluding carboxylic acids is 2. The lowest BCUT2D eigenvalue weighted by Crippen LogP contribution is -2.45. The molecule has 0 saturated carbocycles. The van der Waals surface area contributed by atoms with E-state index in [1.807, 2.05) is 30.3 Å². The molecule has 1 atom stereocenters. The molecule has 0 aliphatic carbocycles. The first kappa shape index (κ1) is 19.7. The number of benzene rings is 2. The highest BCUT2D eigenvalue weighted by molar-refractivity contribution is 7.22. The van der Waals surface area contributed by atoms with Crippen molar-refractivity contribution in [3.8, 4) is 22.9 Å². The lowest BCUT2D eigenvalue weighted by molar-refractivity contribution is -0.121. The molecular weight excluding hydrogens is 402 g/mol. The molecule has 9 heteroatoms. The van der Waals surface area contributed by atoms with Crippen molar-refractivity contribution in [1.29, 1.82) is 5.26 Å². The monoisotopic (exact) mass is 421 g/mol. The zero-order valence-corrected chi connectivity index (χ0v) is 17.0. The van der Waals surface area contributed by atoms with E-state index in [0.29, 0.717) is 34.9 Å². The fourth-order valence-corrected chi connectivity index (χ4v) is 4.71. The number of anilines is 1. The van der Waals surface area contributed by atoms with Crippen LogP contribution in [0.2, 0.25) is 0 Å². The number of primary amides is 1. The van der Waals surface area contributed by atoms with Crippen LogP contribution in [0.4, 0.5) is 9.93 Å². The van der Waals surface area contributed by atoms with Crippen LogP contribution in [0.25, 0.3) is 21.3 Å². The van der Waals surface area contributed by atoms with E-state index in [1.54, 1.807) is 6.07 Å². The second-order valence-electron chi connectivity index (χ2n) is 6.85. The number of hydrogen-bond donors (Lipinski definition) is 2. The average Bonchev–Trinajstić information content (AvgIpc) is 3.39. The fourth-order valence-electron chi connectivity index (χ4n) is 3.72. The van der Waals surface area contributed by atoms with E-state index in [1.165, 1.54) is 23.3 Å². The van der Waals surface area contributed by atoms with Gasteiger partial charge in [-0.2, -0.15) is 5.26 Å². The molecule has 2 aromatic carbocycles. The summed E-state index contributed by atoms with van der Waals surface area (Å²) < 4.78 is 6.16. The van der Waals surface area contributed by atoms with Gasteiger partial charge in [-0.1, -0.05) is 35.6 Å². The summed E-state index contributed by atoms with van der Waals surface area (Å²) >= 11 is 1.31. The Hall–Kier alpha value is -3.64. The maximum absolute atomic E-state index is 12.7. The fraction of sp³-hybridized carbons (Fsp3) is 0.238. The Balaban J connectivity index is 1.70. The molecule has 3 amide bonds. The number of thiazole rings is 1. The number of amides is 3. The van der Waals surface area contributed by atoms with E-state index in [0.717, 1.165) is 22.2 Å². The highest BCUT2D eigenvalue weighted by Gasteiger charge is 2.33. The number of hydrogen-bond acceptors (Lipinski definition) is 6. The van der Waals surface area contributed by atoms with Crippen LogP contribution in [-0.4, -0.2) is 41.5 Å². The Morgan fingerprint density at radius 1 is 1.30 bits per heavy atom. The second-order valence-corrected chi connectivity index (χ2v) is 7.85. The minimum absolute atomic E-state index is 0.393. The number of urea groups is 1. The van der Waals surface area contributed by atoms with Gasteiger partial charge in [0.05, 0.1) is 17.3 Å². The molecule has 0 spiro atoms. The Morgan fingerprint density at radius 3 is 2.80 bits per heavy atom. The molecule has 2 heterocycles. The van der Waals surface area contributed by atoms with Crippen LogP contribution in [0.15, 0.2) is 36.4 Å². The number of carbonyl (C=O) groups is 2. The van der Waals surface area contributed by atoms with E-state index in [4.69, 9.17) is 10.5 Å². The zero-order valence-electron chi connectivity index (χ0n) is 16.2. The topological polar surface area (TPSA) is 121 Å². The molecule has 1 fully saturated rings. The van der Waals surface area contributed by atoms with Crippen molar-refractivity contribution in [2.24, 2.45) is 5.73 Å². The second kappa shape index (κ2) is 8.00. The summed E-state index contributed by atoms with van der Waals surface area (Å²) in [6.45, 7) is 0.477. The number of aromatic nitrogens is 1. The van der Waals surface area contributed by atoms with Crippen LogP contribution in [0.3, 0.4) is 0 Å². The third kappa shape index (κ3) is 3.42. The Morgan fingerprint density at radius 2 is 2.07 bits per heavy atom. The van der Waals surface area contributed by atoms with E-state index >= 15 is 0 Å². The normalized spacial score (nSPS) is 15.7. The zero-order chi connectivity index (χ0) is 21.3. The average molecular weight is 421 g/mol. The van der Waals surface area contributed by atoms with Crippen LogP contribution in [-0.2, 0) is 4.79 Å². The van der Waals surface area contributed by atoms with Crippen molar-refractivity contribution in [2.45, 2.75) is 18.9 Å². The lowest BCUT2D eigenvalue weighted by atomic mass is 9.99. The smallest absolute Gasteiger partial charge is 0.324 e. The maximum Gasteiger partial charge on any atom is 0.324 e. The predicted octanol–water partition coefficient (Wildman–Crippen LogP) is 3.33. The Kier molecular flexibility index (Phi) is 5.25. The van der Waals surface area contributed by atoms with Crippen LogP contribution in [0, 0.1) is 11.3 Å².